The van der Waals surface area contributed by atoms with Crippen molar-refractivity contribution < 1.29 is 56.9 Å². The fourth-order valence-corrected chi connectivity index (χ4v) is 2.59. The fourth-order valence-electron chi connectivity index (χ4n) is 2.59. The number of esters is 1. The van der Waals surface area contributed by atoms with Gasteiger partial charge in [0.25, 0.3) is 0 Å². The summed E-state index contributed by atoms with van der Waals surface area (Å²) in [4.78, 5) is 11.1. The van der Waals surface area contributed by atoms with Crippen LogP contribution in [0.5, 0.6) is 0 Å². The molecule has 0 rings (SSSR count). The fraction of sp³-hybridized carbons (Fsp3) is 0.962. The number of hydrogen-bond donors (Lipinski definition) is 0. The third-order valence-corrected chi connectivity index (χ3v) is 4.41. The van der Waals surface area contributed by atoms with E-state index in [-0.39, 0.29) is 18.5 Å². The molecule has 0 aliphatic carbocycles. The van der Waals surface area contributed by atoms with Crippen LogP contribution in [0.3, 0.4) is 0 Å². The van der Waals surface area contributed by atoms with E-state index in [9.17, 15) is 4.79 Å². The second kappa shape index (κ2) is 32.3. The van der Waals surface area contributed by atoms with Crippen LogP contribution in [0.2, 0.25) is 0 Å². The lowest BCUT2D eigenvalue weighted by molar-refractivity contribution is -0.144. The van der Waals surface area contributed by atoms with Gasteiger partial charge in [0.2, 0.25) is 0 Å². The lowest BCUT2D eigenvalue weighted by Gasteiger charge is -2.09. The summed E-state index contributed by atoms with van der Waals surface area (Å²) in [6.07, 6.45) is 0.490. The highest BCUT2D eigenvalue weighted by atomic mass is 16.6. The van der Waals surface area contributed by atoms with Gasteiger partial charge in [0.15, 0.2) is 0 Å². The van der Waals surface area contributed by atoms with Crippen molar-refractivity contribution >= 4 is 5.97 Å². The first-order valence-corrected chi connectivity index (χ1v) is 13.6. The van der Waals surface area contributed by atoms with Crippen LogP contribution < -0.4 is 0 Å². The molecule has 0 aliphatic rings. The number of hydrogen-bond acceptors (Lipinski definition) is 12. The molecule has 0 heterocycles. The molecule has 228 valence electrons. The van der Waals surface area contributed by atoms with E-state index in [2.05, 4.69) is 0 Å². The Morgan fingerprint density at radius 2 is 0.711 bits per heavy atom. The Hall–Kier alpha value is -0.930. The second-order valence-electron chi connectivity index (χ2n) is 7.99. The Balaban J connectivity index is 3.05. The van der Waals surface area contributed by atoms with Crippen LogP contribution in [-0.4, -0.2) is 144 Å². The van der Waals surface area contributed by atoms with Gasteiger partial charge in [0.05, 0.1) is 145 Å². The summed E-state index contributed by atoms with van der Waals surface area (Å²) in [5.41, 5.74) is 0. The van der Waals surface area contributed by atoms with E-state index in [0.717, 1.165) is 0 Å². The zero-order valence-electron chi connectivity index (χ0n) is 23.8. The third-order valence-electron chi connectivity index (χ3n) is 4.41. The highest BCUT2D eigenvalue weighted by Crippen LogP contribution is 1.90. The van der Waals surface area contributed by atoms with Crippen molar-refractivity contribution in [2.45, 2.75) is 33.3 Å². The van der Waals surface area contributed by atoms with Crippen molar-refractivity contribution in [3.8, 4) is 0 Å². The standard InChI is InChI=1S/C26H52O12/c1-4-37-26(27)5-6-28-7-8-29-9-10-30-11-12-31-13-14-32-15-16-33-17-18-34-19-20-35-21-22-36-23-24-38-25(2)3/h25H,4-24H2,1-3H3. The molecule has 0 aromatic carbocycles. The molecule has 0 bridgehead atoms. The first-order chi connectivity index (χ1) is 18.7. The van der Waals surface area contributed by atoms with E-state index >= 15 is 0 Å². The highest BCUT2D eigenvalue weighted by Gasteiger charge is 2.01. The SMILES string of the molecule is CCOC(=O)CCOCCOCCOCCOCCOCCOCCOCCOCCOCCOC(C)C. The minimum Gasteiger partial charge on any atom is -0.466 e. The summed E-state index contributed by atoms with van der Waals surface area (Å²) in [6.45, 7) is 15.8. The Morgan fingerprint density at radius 1 is 0.447 bits per heavy atom. The van der Waals surface area contributed by atoms with Gasteiger partial charge >= 0.3 is 5.97 Å². The summed E-state index contributed by atoms with van der Waals surface area (Å²) in [7, 11) is 0. The van der Waals surface area contributed by atoms with Crippen LogP contribution in [0.4, 0.5) is 0 Å². The van der Waals surface area contributed by atoms with Crippen molar-refractivity contribution in [2.75, 3.05) is 132 Å². The van der Waals surface area contributed by atoms with Crippen molar-refractivity contribution in [3.63, 3.8) is 0 Å². The van der Waals surface area contributed by atoms with E-state index < -0.39 is 0 Å². The molecule has 0 N–H and O–H groups in total. The Labute approximate surface area is 228 Å². The summed E-state index contributed by atoms with van der Waals surface area (Å²) in [5.74, 6) is -0.248. The highest BCUT2D eigenvalue weighted by molar-refractivity contribution is 5.69. The molecule has 0 aromatic rings. The minimum absolute atomic E-state index is 0.231. The first-order valence-electron chi connectivity index (χ1n) is 13.6. The van der Waals surface area contributed by atoms with Gasteiger partial charge in [-0.05, 0) is 20.8 Å². The van der Waals surface area contributed by atoms with E-state index in [1.54, 1.807) is 6.92 Å². The van der Waals surface area contributed by atoms with Gasteiger partial charge in [-0.15, -0.1) is 0 Å². The maximum absolute atomic E-state index is 11.1. The summed E-state index contributed by atoms with van der Waals surface area (Å²) < 4.78 is 58.9. The molecular formula is C26H52O12. The van der Waals surface area contributed by atoms with Crippen molar-refractivity contribution in [1.82, 2.24) is 0 Å². The molecule has 0 aromatic heterocycles. The zero-order valence-corrected chi connectivity index (χ0v) is 23.8. The summed E-state index contributed by atoms with van der Waals surface area (Å²) in [5, 5.41) is 0. The van der Waals surface area contributed by atoms with Crippen molar-refractivity contribution in [3.05, 3.63) is 0 Å². The molecule has 12 heteroatoms. The lowest BCUT2D eigenvalue weighted by Crippen LogP contribution is -2.15. The van der Waals surface area contributed by atoms with E-state index in [1.807, 2.05) is 13.8 Å². The number of ether oxygens (including phenoxy) is 11. The van der Waals surface area contributed by atoms with E-state index in [0.29, 0.717) is 132 Å². The second-order valence-corrected chi connectivity index (χ2v) is 7.99. The average molecular weight is 557 g/mol. The van der Waals surface area contributed by atoms with Crippen molar-refractivity contribution in [1.29, 1.82) is 0 Å². The van der Waals surface area contributed by atoms with Gasteiger partial charge in [0.1, 0.15) is 0 Å². The van der Waals surface area contributed by atoms with Gasteiger partial charge in [-0.2, -0.15) is 0 Å². The molecule has 0 unspecified atom stereocenters. The third kappa shape index (κ3) is 33.1. The molecule has 38 heavy (non-hydrogen) atoms. The van der Waals surface area contributed by atoms with Crippen LogP contribution in [0, 0.1) is 0 Å². The largest absolute Gasteiger partial charge is 0.466 e. The molecule has 0 spiro atoms. The van der Waals surface area contributed by atoms with Gasteiger partial charge in [-0.1, -0.05) is 0 Å². The molecule has 0 radical (unpaired) electrons. The molecule has 0 saturated carbocycles. The van der Waals surface area contributed by atoms with Crippen LogP contribution in [-0.2, 0) is 56.9 Å². The molecule has 0 atom stereocenters. The van der Waals surface area contributed by atoms with Gasteiger partial charge in [-0.3, -0.25) is 4.79 Å². The van der Waals surface area contributed by atoms with Crippen LogP contribution in [0.1, 0.15) is 27.2 Å². The summed E-state index contributed by atoms with van der Waals surface area (Å²) >= 11 is 0. The summed E-state index contributed by atoms with van der Waals surface area (Å²) in [6, 6.07) is 0. The zero-order chi connectivity index (χ0) is 27.8. The normalized spacial score (nSPS) is 11.5. The predicted octanol–water partition coefficient (Wildman–Crippen LogP) is 1.51. The molecule has 0 aliphatic heterocycles. The predicted molar refractivity (Wildman–Crippen MR) is 140 cm³/mol. The average Bonchev–Trinajstić information content (AvgIpc) is 2.89. The lowest BCUT2D eigenvalue weighted by atomic mass is 10.5. The van der Waals surface area contributed by atoms with Gasteiger partial charge < -0.3 is 52.1 Å². The van der Waals surface area contributed by atoms with E-state index in [4.69, 9.17) is 52.1 Å². The molecule has 12 nitrogen and oxygen atoms in total. The van der Waals surface area contributed by atoms with E-state index in [1.165, 1.54) is 0 Å². The monoisotopic (exact) mass is 556 g/mol. The number of rotatable bonds is 32. The number of carbonyl (C=O) groups is 1. The van der Waals surface area contributed by atoms with Crippen LogP contribution in [0.25, 0.3) is 0 Å². The molecular weight excluding hydrogens is 504 g/mol. The molecule has 0 saturated heterocycles. The Morgan fingerprint density at radius 3 is 0.974 bits per heavy atom. The maximum Gasteiger partial charge on any atom is 0.308 e. The van der Waals surface area contributed by atoms with Crippen LogP contribution >= 0.6 is 0 Å². The number of carbonyl (C=O) groups excluding carboxylic acids is 1. The molecule has 0 amide bonds. The quantitative estimate of drug-likeness (QED) is 0.0883. The minimum atomic E-state index is -0.248. The smallest absolute Gasteiger partial charge is 0.308 e. The van der Waals surface area contributed by atoms with Crippen LogP contribution in [0.15, 0.2) is 0 Å². The Bertz CT molecular complexity index is 468. The van der Waals surface area contributed by atoms with Gasteiger partial charge in [-0.25, -0.2) is 0 Å². The van der Waals surface area contributed by atoms with Gasteiger partial charge in [0, 0.05) is 0 Å². The first kappa shape index (κ1) is 37.1. The topological polar surface area (TPSA) is 119 Å². The maximum atomic E-state index is 11.1. The molecule has 0 fully saturated rings. The van der Waals surface area contributed by atoms with Crippen molar-refractivity contribution in [2.24, 2.45) is 0 Å². The Kier molecular flexibility index (Phi) is 31.5.